The molecule has 0 fully saturated rings. The van der Waals surface area contributed by atoms with Crippen LogP contribution in [0.15, 0.2) is 48.5 Å². The Balaban J connectivity index is 1.69. The zero-order valence-electron chi connectivity index (χ0n) is 11.6. The number of nitro groups is 1. The van der Waals surface area contributed by atoms with Crippen LogP contribution in [0.3, 0.4) is 0 Å². The summed E-state index contributed by atoms with van der Waals surface area (Å²) in [6.07, 6.45) is 1.58. The van der Waals surface area contributed by atoms with Crippen LogP contribution in [-0.2, 0) is 12.8 Å². The molecule has 0 aliphatic carbocycles. The SMILES string of the molecule is O=[N+]([O-])c1ccc(CCNCCc2cccc(F)c2)cc1. The second-order valence-electron chi connectivity index (χ2n) is 4.80. The van der Waals surface area contributed by atoms with Crippen LogP contribution in [0.25, 0.3) is 0 Å². The maximum Gasteiger partial charge on any atom is 0.269 e. The molecule has 0 aliphatic rings. The molecule has 2 aromatic rings. The fourth-order valence-corrected chi connectivity index (χ4v) is 2.07. The van der Waals surface area contributed by atoms with Gasteiger partial charge in [-0.05, 0) is 49.2 Å². The highest BCUT2D eigenvalue weighted by Crippen LogP contribution is 2.11. The first kappa shape index (κ1) is 15.1. The first-order valence-corrected chi connectivity index (χ1v) is 6.83. The van der Waals surface area contributed by atoms with Gasteiger partial charge in [0.25, 0.3) is 5.69 Å². The third-order valence-electron chi connectivity index (χ3n) is 3.22. The number of nitro benzene ring substituents is 1. The molecule has 1 N–H and O–H groups in total. The maximum absolute atomic E-state index is 13.0. The van der Waals surface area contributed by atoms with E-state index in [1.54, 1.807) is 18.2 Å². The fraction of sp³-hybridized carbons (Fsp3) is 0.250. The molecule has 0 amide bonds. The molecule has 0 saturated carbocycles. The first-order valence-electron chi connectivity index (χ1n) is 6.83. The highest BCUT2D eigenvalue weighted by Gasteiger charge is 2.03. The minimum atomic E-state index is -0.402. The van der Waals surface area contributed by atoms with Gasteiger partial charge in [0.15, 0.2) is 0 Å². The van der Waals surface area contributed by atoms with E-state index in [0.29, 0.717) is 0 Å². The average Bonchev–Trinajstić information content (AvgIpc) is 2.47. The lowest BCUT2D eigenvalue weighted by molar-refractivity contribution is -0.384. The quantitative estimate of drug-likeness (QED) is 0.484. The van der Waals surface area contributed by atoms with Crippen molar-refractivity contribution >= 4 is 5.69 Å². The number of hydrogen-bond acceptors (Lipinski definition) is 3. The van der Waals surface area contributed by atoms with Gasteiger partial charge < -0.3 is 5.32 Å². The lowest BCUT2D eigenvalue weighted by Crippen LogP contribution is -2.20. The van der Waals surface area contributed by atoms with Gasteiger partial charge in [0.2, 0.25) is 0 Å². The van der Waals surface area contributed by atoms with E-state index in [2.05, 4.69) is 5.32 Å². The van der Waals surface area contributed by atoms with Crippen LogP contribution >= 0.6 is 0 Å². The number of benzene rings is 2. The van der Waals surface area contributed by atoms with Crippen LogP contribution in [0.2, 0.25) is 0 Å². The van der Waals surface area contributed by atoms with Crippen LogP contribution in [0.1, 0.15) is 11.1 Å². The lowest BCUT2D eigenvalue weighted by Gasteiger charge is -2.05. The van der Waals surface area contributed by atoms with Gasteiger partial charge in [0.05, 0.1) is 4.92 Å². The molecule has 0 radical (unpaired) electrons. The molecule has 0 aromatic heterocycles. The minimum Gasteiger partial charge on any atom is -0.316 e. The Hall–Kier alpha value is -2.27. The number of halogens is 1. The van der Waals surface area contributed by atoms with Crippen molar-refractivity contribution in [3.63, 3.8) is 0 Å². The van der Waals surface area contributed by atoms with Crippen LogP contribution in [-0.4, -0.2) is 18.0 Å². The number of hydrogen-bond donors (Lipinski definition) is 1. The fourth-order valence-electron chi connectivity index (χ4n) is 2.07. The summed E-state index contributed by atoms with van der Waals surface area (Å²) in [7, 11) is 0. The molecule has 0 aliphatic heterocycles. The monoisotopic (exact) mass is 288 g/mol. The van der Waals surface area contributed by atoms with Crippen LogP contribution in [0.5, 0.6) is 0 Å². The Morgan fingerprint density at radius 3 is 2.29 bits per heavy atom. The molecule has 0 saturated heterocycles. The van der Waals surface area contributed by atoms with E-state index in [0.717, 1.165) is 37.1 Å². The Kier molecular flexibility index (Phi) is 5.40. The van der Waals surface area contributed by atoms with Gasteiger partial charge in [-0.3, -0.25) is 10.1 Å². The summed E-state index contributed by atoms with van der Waals surface area (Å²) in [6, 6.07) is 13.2. The van der Waals surface area contributed by atoms with Gasteiger partial charge in [0, 0.05) is 12.1 Å². The second kappa shape index (κ2) is 7.50. The van der Waals surface area contributed by atoms with E-state index in [1.165, 1.54) is 24.3 Å². The van der Waals surface area contributed by atoms with Crippen molar-refractivity contribution in [3.05, 3.63) is 75.6 Å². The summed E-state index contributed by atoms with van der Waals surface area (Å²) < 4.78 is 13.0. The number of non-ortho nitro benzene ring substituents is 1. The van der Waals surface area contributed by atoms with Crippen molar-refractivity contribution in [1.82, 2.24) is 5.32 Å². The Morgan fingerprint density at radius 1 is 1.00 bits per heavy atom. The molecule has 110 valence electrons. The van der Waals surface area contributed by atoms with Crippen LogP contribution in [0.4, 0.5) is 10.1 Å². The van der Waals surface area contributed by atoms with Gasteiger partial charge in [-0.1, -0.05) is 24.3 Å². The van der Waals surface area contributed by atoms with Gasteiger partial charge in [-0.15, -0.1) is 0 Å². The molecule has 0 spiro atoms. The predicted molar refractivity (Wildman–Crippen MR) is 79.8 cm³/mol. The minimum absolute atomic E-state index is 0.109. The summed E-state index contributed by atoms with van der Waals surface area (Å²) >= 11 is 0. The van der Waals surface area contributed by atoms with E-state index >= 15 is 0 Å². The molecule has 4 nitrogen and oxygen atoms in total. The zero-order chi connectivity index (χ0) is 15.1. The summed E-state index contributed by atoms with van der Waals surface area (Å²) in [4.78, 5) is 10.1. The largest absolute Gasteiger partial charge is 0.316 e. The van der Waals surface area contributed by atoms with Crippen molar-refractivity contribution in [2.75, 3.05) is 13.1 Å². The van der Waals surface area contributed by atoms with Gasteiger partial charge in [-0.2, -0.15) is 0 Å². The third kappa shape index (κ3) is 4.96. The van der Waals surface area contributed by atoms with E-state index in [9.17, 15) is 14.5 Å². The molecule has 0 unspecified atom stereocenters. The summed E-state index contributed by atoms with van der Waals surface area (Å²) in [5.74, 6) is -0.210. The van der Waals surface area contributed by atoms with Gasteiger partial charge >= 0.3 is 0 Å². The van der Waals surface area contributed by atoms with Crippen molar-refractivity contribution in [2.24, 2.45) is 0 Å². The third-order valence-corrected chi connectivity index (χ3v) is 3.22. The molecule has 0 heterocycles. The summed E-state index contributed by atoms with van der Waals surface area (Å²) in [5.41, 5.74) is 2.13. The standard InChI is InChI=1S/C16H17FN2O2/c17-15-3-1-2-14(12-15)9-11-18-10-8-13-4-6-16(7-5-13)19(20)21/h1-7,12,18H,8-11H2. The van der Waals surface area contributed by atoms with E-state index in [1.807, 2.05) is 6.07 Å². The van der Waals surface area contributed by atoms with Gasteiger partial charge in [-0.25, -0.2) is 4.39 Å². The topological polar surface area (TPSA) is 55.2 Å². The van der Waals surface area contributed by atoms with E-state index < -0.39 is 4.92 Å². The maximum atomic E-state index is 13.0. The molecule has 5 heteroatoms. The van der Waals surface area contributed by atoms with Crippen LogP contribution in [0, 0.1) is 15.9 Å². The normalized spacial score (nSPS) is 10.5. The molecular formula is C16H17FN2O2. The van der Waals surface area contributed by atoms with Crippen LogP contribution < -0.4 is 5.32 Å². The summed E-state index contributed by atoms with van der Waals surface area (Å²) in [5, 5.41) is 13.8. The molecular weight excluding hydrogens is 271 g/mol. The number of nitrogens with one attached hydrogen (secondary N) is 1. The zero-order valence-corrected chi connectivity index (χ0v) is 11.6. The van der Waals surface area contributed by atoms with Crippen molar-refractivity contribution < 1.29 is 9.31 Å². The lowest BCUT2D eigenvalue weighted by atomic mass is 10.1. The van der Waals surface area contributed by atoms with Gasteiger partial charge in [0.1, 0.15) is 5.82 Å². The number of rotatable bonds is 7. The van der Waals surface area contributed by atoms with Crippen molar-refractivity contribution in [1.29, 1.82) is 0 Å². The summed E-state index contributed by atoms with van der Waals surface area (Å²) in [6.45, 7) is 1.56. The first-order chi connectivity index (χ1) is 10.1. The molecule has 2 aromatic carbocycles. The Morgan fingerprint density at radius 2 is 1.67 bits per heavy atom. The van der Waals surface area contributed by atoms with Crippen molar-refractivity contribution in [2.45, 2.75) is 12.8 Å². The molecule has 21 heavy (non-hydrogen) atoms. The van der Waals surface area contributed by atoms with Crippen molar-refractivity contribution in [3.8, 4) is 0 Å². The molecule has 2 rings (SSSR count). The Labute approximate surface area is 122 Å². The molecule has 0 bridgehead atoms. The van der Waals surface area contributed by atoms with E-state index in [-0.39, 0.29) is 11.5 Å². The highest BCUT2D eigenvalue weighted by molar-refractivity contribution is 5.32. The Bertz CT molecular complexity index is 599. The van der Waals surface area contributed by atoms with E-state index in [4.69, 9.17) is 0 Å². The predicted octanol–water partition coefficient (Wildman–Crippen LogP) is 3.11. The smallest absolute Gasteiger partial charge is 0.269 e. The molecule has 0 atom stereocenters. The average molecular weight is 288 g/mol. The second-order valence-corrected chi connectivity index (χ2v) is 4.80. The highest BCUT2D eigenvalue weighted by atomic mass is 19.1. The number of nitrogens with zero attached hydrogens (tertiary/aromatic N) is 1.